The Morgan fingerprint density at radius 1 is 1.05 bits per heavy atom. The highest BCUT2D eigenvalue weighted by molar-refractivity contribution is 5.58. The van der Waals surface area contributed by atoms with E-state index in [9.17, 15) is 10.5 Å². The first-order valence-corrected chi connectivity index (χ1v) is 6.13. The normalized spacial score (nSPS) is 10.8. The zero-order valence-corrected chi connectivity index (χ0v) is 11.4. The third kappa shape index (κ3) is 3.34. The molecule has 0 amide bonds. The summed E-state index contributed by atoms with van der Waals surface area (Å²) in [5.41, 5.74) is 0.284. The van der Waals surface area contributed by atoms with Crippen LogP contribution < -0.4 is 10.2 Å². The molecule has 0 spiro atoms. The van der Waals surface area contributed by atoms with Crippen molar-refractivity contribution in [1.29, 1.82) is 10.5 Å². The van der Waals surface area contributed by atoms with Gasteiger partial charge in [-0.25, -0.2) is 9.97 Å². The van der Waals surface area contributed by atoms with Crippen molar-refractivity contribution in [3.05, 3.63) is 60.2 Å². The van der Waals surface area contributed by atoms with Crippen LogP contribution in [0.2, 0.25) is 0 Å². The molecule has 0 atom stereocenters. The highest BCUT2D eigenvalue weighted by Crippen LogP contribution is 2.17. The van der Waals surface area contributed by atoms with Gasteiger partial charge in [0.1, 0.15) is 23.8 Å². The van der Waals surface area contributed by atoms with Crippen LogP contribution in [0.1, 0.15) is 0 Å². The van der Waals surface area contributed by atoms with E-state index in [0.717, 1.165) is 0 Å². The summed E-state index contributed by atoms with van der Waals surface area (Å²) in [7, 11) is 1.68. The Bertz CT molecular complexity index is 709. The van der Waals surface area contributed by atoms with Gasteiger partial charge >= 0.3 is 0 Å². The van der Waals surface area contributed by atoms with E-state index in [1.807, 2.05) is 18.2 Å². The molecule has 2 heterocycles. The molecular weight excluding hydrogens is 264 g/mol. The van der Waals surface area contributed by atoms with E-state index in [-0.39, 0.29) is 11.4 Å². The molecule has 6 heteroatoms. The highest BCUT2D eigenvalue weighted by Gasteiger charge is 2.14. The number of allylic oxidation sites excluding steroid dienone is 2. The summed E-state index contributed by atoms with van der Waals surface area (Å²) in [6.45, 7) is 0. The molecule has 0 aliphatic rings. The van der Waals surface area contributed by atoms with Crippen molar-refractivity contribution < 1.29 is 0 Å². The van der Waals surface area contributed by atoms with Gasteiger partial charge in [0.25, 0.3) is 0 Å². The van der Waals surface area contributed by atoms with Gasteiger partial charge in [-0.3, -0.25) is 0 Å². The Kier molecular flexibility index (Phi) is 4.47. The van der Waals surface area contributed by atoms with Crippen LogP contribution in [0.3, 0.4) is 0 Å². The van der Waals surface area contributed by atoms with Crippen LogP contribution in [0.25, 0.3) is 0 Å². The van der Waals surface area contributed by atoms with E-state index >= 15 is 0 Å². The molecule has 21 heavy (non-hydrogen) atoms. The van der Waals surface area contributed by atoms with Gasteiger partial charge in [-0.05, 0) is 24.3 Å². The Labute approximate surface area is 122 Å². The molecule has 0 bridgehead atoms. The van der Waals surface area contributed by atoms with E-state index in [0.29, 0.717) is 11.6 Å². The van der Waals surface area contributed by atoms with Crippen molar-refractivity contribution in [2.75, 3.05) is 17.3 Å². The SMILES string of the molecule is CN(/C(C#N)=C(/C#N)Nc1ccccn1)c1ccccn1. The maximum atomic E-state index is 9.35. The van der Waals surface area contributed by atoms with Crippen LogP contribution in [0, 0.1) is 22.7 Å². The molecule has 102 valence electrons. The molecule has 1 N–H and O–H groups in total. The minimum atomic E-state index is 0.115. The molecule has 2 aromatic rings. The molecule has 0 aliphatic heterocycles. The first-order chi connectivity index (χ1) is 10.3. The van der Waals surface area contributed by atoms with E-state index in [2.05, 4.69) is 15.3 Å². The quantitative estimate of drug-likeness (QED) is 0.862. The summed E-state index contributed by atoms with van der Waals surface area (Å²) in [6, 6.07) is 14.6. The zero-order chi connectivity index (χ0) is 15.1. The minimum Gasteiger partial charge on any atom is -0.329 e. The topological polar surface area (TPSA) is 88.6 Å². The van der Waals surface area contributed by atoms with Crippen LogP contribution in [0.4, 0.5) is 11.6 Å². The van der Waals surface area contributed by atoms with Gasteiger partial charge in [-0.1, -0.05) is 12.1 Å². The Morgan fingerprint density at radius 3 is 2.29 bits per heavy atom. The highest BCUT2D eigenvalue weighted by atomic mass is 15.2. The lowest BCUT2D eigenvalue weighted by Gasteiger charge is -2.18. The average Bonchev–Trinajstić information content (AvgIpc) is 2.56. The molecule has 0 fully saturated rings. The summed E-state index contributed by atoms with van der Waals surface area (Å²) < 4.78 is 0. The number of pyridine rings is 2. The van der Waals surface area contributed by atoms with Crippen LogP contribution in [-0.4, -0.2) is 17.0 Å². The number of nitrogens with zero attached hydrogens (tertiary/aromatic N) is 5. The van der Waals surface area contributed by atoms with Crippen LogP contribution in [0.5, 0.6) is 0 Å². The fourth-order valence-electron chi connectivity index (χ4n) is 1.67. The van der Waals surface area contributed by atoms with Gasteiger partial charge in [0.15, 0.2) is 11.4 Å². The van der Waals surface area contributed by atoms with Crippen LogP contribution in [0.15, 0.2) is 60.2 Å². The number of aromatic nitrogens is 2. The summed E-state index contributed by atoms with van der Waals surface area (Å²) in [5, 5.41) is 21.5. The third-order valence-electron chi connectivity index (χ3n) is 2.70. The third-order valence-corrected chi connectivity index (χ3v) is 2.70. The second-order valence-corrected chi connectivity index (χ2v) is 4.03. The predicted molar refractivity (Wildman–Crippen MR) is 78.8 cm³/mol. The number of nitrogens with one attached hydrogen (secondary N) is 1. The molecular formula is C15H12N6. The largest absolute Gasteiger partial charge is 0.329 e. The van der Waals surface area contributed by atoms with Crippen molar-refractivity contribution >= 4 is 11.6 Å². The number of hydrogen-bond donors (Lipinski definition) is 1. The molecule has 0 saturated heterocycles. The molecule has 6 nitrogen and oxygen atoms in total. The monoisotopic (exact) mass is 276 g/mol. The number of anilines is 2. The number of hydrogen-bond acceptors (Lipinski definition) is 6. The minimum absolute atomic E-state index is 0.115. The number of rotatable bonds is 4. The zero-order valence-electron chi connectivity index (χ0n) is 11.4. The Hall–Kier alpha value is -3.38. The first-order valence-electron chi connectivity index (χ1n) is 6.13. The lowest BCUT2D eigenvalue weighted by molar-refractivity contribution is 1.06. The smallest absolute Gasteiger partial charge is 0.156 e. The van der Waals surface area contributed by atoms with Crippen molar-refractivity contribution in [3.8, 4) is 12.1 Å². The maximum absolute atomic E-state index is 9.35. The summed E-state index contributed by atoms with van der Waals surface area (Å²) >= 11 is 0. The molecule has 0 radical (unpaired) electrons. The molecule has 0 aliphatic carbocycles. The fourth-order valence-corrected chi connectivity index (χ4v) is 1.67. The average molecular weight is 276 g/mol. The summed E-state index contributed by atoms with van der Waals surface area (Å²) in [6.07, 6.45) is 3.23. The van der Waals surface area contributed by atoms with Crippen LogP contribution >= 0.6 is 0 Å². The van der Waals surface area contributed by atoms with Gasteiger partial charge in [-0.15, -0.1) is 0 Å². The van der Waals surface area contributed by atoms with Gasteiger partial charge in [0.2, 0.25) is 0 Å². The van der Waals surface area contributed by atoms with Gasteiger partial charge in [-0.2, -0.15) is 10.5 Å². The second-order valence-electron chi connectivity index (χ2n) is 4.03. The van der Waals surface area contributed by atoms with Gasteiger partial charge < -0.3 is 10.2 Å². The molecule has 0 saturated carbocycles. The van der Waals surface area contributed by atoms with E-state index in [4.69, 9.17) is 0 Å². The first kappa shape index (κ1) is 14.0. The fraction of sp³-hybridized carbons (Fsp3) is 0.0667. The van der Waals surface area contributed by atoms with Crippen molar-refractivity contribution in [2.24, 2.45) is 0 Å². The maximum Gasteiger partial charge on any atom is 0.156 e. The van der Waals surface area contributed by atoms with Gasteiger partial charge in [0, 0.05) is 19.4 Å². The molecule has 0 aromatic carbocycles. The van der Waals surface area contributed by atoms with Crippen molar-refractivity contribution in [2.45, 2.75) is 0 Å². The van der Waals surface area contributed by atoms with Gasteiger partial charge in [0.05, 0.1) is 0 Å². The van der Waals surface area contributed by atoms with E-state index in [1.165, 1.54) is 0 Å². The van der Waals surface area contributed by atoms with Crippen molar-refractivity contribution in [1.82, 2.24) is 9.97 Å². The lowest BCUT2D eigenvalue weighted by atomic mass is 10.3. The second kappa shape index (κ2) is 6.69. The number of nitriles is 2. The van der Waals surface area contributed by atoms with Crippen molar-refractivity contribution in [3.63, 3.8) is 0 Å². The Balaban J connectivity index is 2.36. The van der Waals surface area contributed by atoms with E-state index < -0.39 is 0 Å². The standard InChI is InChI=1S/C15H12N6/c1-21(15-7-3-5-9-19-15)13(11-17)12(10-16)20-14-6-2-4-8-18-14/h2-9H,1H3,(H,18,20)/b13-12-. The molecule has 2 aromatic heterocycles. The lowest BCUT2D eigenvalue weighted by Crippen LogP contribution is -2.20. The van der Waals surface area contributed by atoms with Crippen LogP contribution in [-0.2, 0) is 0 Å². The predicted octanol–water partition coefficient (Wildman–Crippen LogP) is 2.28. The molecule has 2 rings (SSSR count). The summed E-state index contributed by atoms with van der Waals surface area (Å²) in [5.74, 6) is 1.07. The van der Waals surface area contributed by atoms with E-state index in [1.54, 1.807) is 54.7 Å². The molecule has 0 unspecified atom stereocenters. The Morgan fingerprint density at radius 2 is 1.76 bits per heavy atom. The summed E-state index contributed by atoms with van der Waals surface area (Å²) in [4.78, 5) is 9.78.